The SMILES string of the molecule is CNCc1nc(Cl)c2ccc(Cl)cn12. The van der Waals surface area contributed by atoms with E-state index in [1.165, 1.54) is 0 Å². The van der Waals surface area contributed by atoms with Gasteiger partial charge in [0.25, 0.3) is 0 Å². The van der Waals surface area contributed by atoms with Crippen LogP contribution in [-0.2, 0) is 6.54 Å². The highest BCUT2D eigenvalue weighted by Crippen LogP contribution is 2.20. The lowest BCUT2D eigenvalue weighted by atomic mass is 10.4. The molecule has 0 atom stereocenters. The van der Waals surface area contributed by atoms with Gasteiger partial charge in [0.15, 0.2) is 5.15 Å². The lowest BCUT2D eigenvalue weighted by molar-refractivity contribution is 0.755. The molecule has 0 spiro atoms. The van der Waals surface area contributed by atoms with Crippen LogP contribution in [0.4, 0.5) is 0 Å². The fourth-order valence-corrected chi connectivity index (χ4v) is 1.78. The summed E-state index contributed by atoms with van der Waals surface area (Å²) in [6.07, 6.45) is 1.81. The van der Waals surface area contributed by atoms with Crippen LogP contribution >= 0.6 is 23.2 Å². The number of imidazole rings is 1. The van der Waals surface area contributed by atoms with Gasteiger partial charge < -0.3 is 5.32 Å². The Bertz CT molecular complexity index is 464. The summed E-state index contributed by atoms with van der Waals surface area (Å²) in [5.74, 6) is 0.856. The lowest BCUT2D eigenvalue weighted by Gasteiger charge is -1.99. The van der Waals surface area contributed by atoms with Crippen molar-refractivity contribution < 1.29 is 0 Å². The fraction of sp³-hybridized carbons (Fsp3) is 0.222. The van der Waals surface area contributed by atoms with Crippen LogP contribution in [-0.4, -0.2) is 16.4 Å². The predicted octanol–water partition coefficient (Wildman–Crippen LogP) is 2.36. The van der Waals surface area contributed by atoms with Gasteiger partial charge in [-0.15, -0.1) is 0 Å². The molecule has 0 unspecified atom stereocenters. The first-order valence-corrected chi connectivity index (χ1v) is 4.94. The molecule has 0 amide bonds. The van der Waals surface area contributed by atoms with E-state index in [0.29, 0.717) is 16.7 Å². The number of nitrogens with zero attached hydrogens (tertiary/aromatic N) is 2. The molecule has 0 bridgehead atoms. The third-order valence-electron chi connectivity index (χ3n) is 1.96. The molecule has 0 fully saturated rings. The number of aromatic nitrogens is 2. The Morgan fingerprint density at radius 3 is 2.93 bits per heavy atom. The Hall–Kier alpha value is -0.770. The van der Waals surface area contributed by atoms with Gasteiger partial charge >= 0.3 is 0 Å². The highest BCUT2D eigenvalue weighted by atomic mass is 35.5. The molecule has 5 heteroatoms. The van der Waals surface area contributed by atoms with Crippen LogP contribution in [0.1, 0.15) is 5.82 Å². The normalized spacial score (nSPS) is 11.1. The fourth-order valence-electron chi connectivity index (χ4n) is 1.36. The van der Waals surface area contributed by atoms with Crippen LogP contribution in [0.5, 0.6) is 0 Å². The van der Waals surface area contributed by atoms with Gasteiger partial charge in [-0.2, -0.15) is 0 Å². The number of nitrogens with one attached hydrogen (secondary N) is 1. The second kappa shape index (κ2) is 3.77. The second-order valence-electron chi connectivity index (χ2n) is 2.95. The van der Waals surface area contributed by atoms with Crippen LogP contribution in [0.25, 0.3) is 5.52 Å². The van der Waals surface area contributed by atoms with Gasteiger partial charge in [0, 0.05) is 6.20 Å². The monoisotopic (exact) mass is 229 g/mol. The van der Waals surface area contributed by atoms with E-state index in [0.717, 1.165) is 11.3 Å². The third kappa shape index (κ3) is 1.59. The number of halogens is 2. The van der Waals surface area contributed by atoms with E-state index in [1.54, 1.807) is 6.07 Å². The summed E-state index contributed by atoms with van der Waals surface area (Å²) in [4.78, 5) is 4.23. The molecule has 2 heterocycles. The minimum atomic E-state index is 0.506. The molecule has 2 aromatic rings. The molecule has 0 radical (unpaired) electrons. The zero-order chi connectivity index (χ0) is 10.1. The Morgan fingerprint density at radius 1 is 1.43 bits per heavy atom. The minimum absolute atomic E-state index is 0.506. The maximum absolute atomic E-state index is 5.96. The standard InChI is InChI=1S/C9H9Cl2N3/c1-12-4-8-13-9(11)7-3-2-6(10)5-14(7)8/h2-3,5,12H,4H2,1H3. The zero-order valence-corrected chi connectivity index (χ0v) is 9.10. The van der Waals surface area contributed by atoms with Gasteiger partial charge in [0.2, 0.25) is 0 Å². The maximum Gasteiger partial charge on any atom is 0.155 e. The van der Waals surface area contributed by atoms with E-state index in [1.807, 2.05) is 23.7 Å². The van der Waals surface area contributed by atoms with Crippen molar-refractivity contribution in [3.63, 3.8) is 0 Å². The summed E-state index contributed by atoms with van der Waals surface area (Å²) in [6, 6.07) is 3.66. The molecule has 14 heavy (non-hydrogen) atoms. The quantitative estimate of drug-likeness (QED) is 0.858. The molecule has 74 valence electrons. The zero-order valence-electron chi connectivity index (χ0n) is 7.59. The van der Waals surface area contributed by atoms with E-state index in [4.69, 9.17) is 23.2 Å². The smallest absolute Gasteiger partial charge is 0.155 e. The first-order valence-electron chi connectivity index (χ1n) is 4.19. The van der Waals surface area contributed by atoms with Gasteiger partial charge in [-0.25, -0.2) is 4.98 Å². The van der Waals surface area contributed by atoms with Crippen molar-refractivity contribution in [2.24, 2.45) is 0 Å². The Kier molecular flexibility index (Phi) is 2.63. The van der Waals surface area contributed by atoms with Crippen LogP contribution < -0.4 is 5.32 Å². The van der Waals surface area contributed by atoms with Gasteiger partial charge in [-0.05, 0) is 19.2 Å². The molecular formula is C9H9Cl2N3. The Balaban J connectivity index is 2.66. The number of hydrogen-bond donors (Lipinski definition) is 1. The summed E-state index contributed by atoms with van der Waals surface area (Å²) < 4.78 is 1.89. The van der Waals surface area contributed by atoms with Gasteiger partial charge in [-0.1, -0.05) is 23.2 Å². The summed E-state index contributed by atoms with van der Waals surface area (Å²) in [7, 11) is 1.86. The summed E-state index contributed by atoms with van der Waals surface area (Å²) >= 11 is 11.9. The summed E-state index contributed by atoms with van der Waals surface area (Å²) in [6.45, 7) is 0.661. The first kappa shape index (κ1) is 9.77. The van der Waals surface area contributed by atoms with Crippen molar-refractivity contribution in [3.05, 3.63) is 34.3 Å². The van der Waals surface area contributed by atoms with Crippen molar-refractivity contribution in [1.82, 2.24) is 14.7 Å². The molecule has 3 nitrogen and oxygen atoms in total. The van der Waals surface area contributed by atoms with Crippen molar-refractivity contribution >= 4 is 28.7 Å². The first-order chi connectivity index (χ1) is 6.72. The molecule has 0 aliphatic rings. The number of rotatable bonds is 2. The van der Waals surface area contributed by atoms with Crippen molar-refractivity contribution in [1.29, 1.82) is 0 Å². The number of hydrogen-bond acceptors (Lipinski definition) is 2. The van der Waals surface area contributed by atoms with Crippen molar-refractivity contribution in [2.45, 2.75) is 6.54 Å². The molecule has 0 aliphatic heterocycles. The minimum Gasteiger partial charge on any atom is -0.313 e. The van der Waals surface area contributed by atoms with E-state index in [2.05, 4.69) is 10.3 Å². The van der Waals surface area contributed by atoms with Crippen molar-refractivity contribution in [2.75, 3.05) is 7.05 Å². The van der Waals surface area contributed by atoms with Gasteiger partial charge in [0.05, 0.1) is 17.1 Å². The summed E-state index contributed by atoms with van der Waals surface area (Å²) in [5.41, 5.74) is 0.876. The van der Waals surface area contributed by atoms with Crippen LogP contribution in [0, 0.1) is 0 Å². The van der Waals surface area contributed by atoms with Crippen LogP contribution in [0.2, 0.25) is 10.2 Å². The number of pyridine rings is 1. The van der Waals surface area contributed by atoms with Crippen molar-refractivity contribution in [3.8, 4) is 0 Å². The predicted molar refractivity (Wildman–Crippen MR) is 58.0 cm³/mol. The average Bonchev–Trinajstić information content (AvgIpc) is 2.44. The van der Waals surface area contributed by atoms with Gasteiger partial charge in [0.1, 0.15) is 5.82 Å². The molecule has 0 aliphatic carbocycles. The summed E-state index contributed by atoms with van der Waals surface area (Å²) in [5, 5.41) is 4.20. The lowest BCUT2D eigenvalue weighted by Crippen LogP contribution is -2.08. The molecular weight excluding hydrogens is 221 g/mol. The molecule has 2 aromatic heterocycles. The third-order valence-corrected chi connectivity index (χ3v) is 2.47. The largest absolute Gasteiger partial charge is 0.313 e. The molecule has 2 rings (SSSR count). The Morgan fingerprint density at radius 2 is 2.21 bits per heavy atom. The molecule has 0 saturated carbocycles. The number of fused-ring (bicyclic) bond motifs is 1. The van der Waals surface area contributed by atoms with E-state index < -0.39 is 0 Å². The second-order valence-corrected chi connectivity index (χ2v) is 3.75. The molecule has 1 N–H and O–H groups in total. The maximum atomic E-state index is 5.96. The van der Waals surface area contributed by atoms with Crippen LogP contribution in [0.3, 0.4) is 0 Å². The van der Waals surface area contributed by atoms with E-state index in [9.17, 15) is 0 Å². The van der Waals surface area contributed by atoms with E-state index in [-0.39, 0.29) is 0 Å². The highest BCUT2D eigenvalue weighted by molar-refractivity contribution is 6.33. The molecule has 0 aromatic carbocycles. The topological polar surface area (TPSA) is 29.3 Å². The Labute approximate surface area is 91.7 Å². The highest BCUT2D eigenvalue weighted by Gasteiger charge is 2.08. The average molecular weight is 230 g/mol. The van der Waals surface area contributed by atoms with E-state index >= 15 is 0 Å². The van der Waals surface area contributed by atoms with Crippen LogP contribution in [0.15, 0.2) is 18.3 Å². The van der Waals surface area contributed by atoms with Gasteiger partial charge in [-0.3, -0.25) is 4.40 Å². The molecule has 0 saturated heterocycles.